The van der Waals surface area contributed by atoms with Gasteiger partial charge in [0, 0.05) is 15.7 Å². The van der Waals surface area contributed by atoms with E-state index in [2.05, 4.69) is 40.2 Å². The first kappa shape index (κ1) is 11.3. The summed E-state index contributed by atoms with van der Waals surface area (Å²) in [6.07, 6.45) is 0. The van der Waals surface area contributed by atoms with Gasteiger partial charge < -0.3 is 5.73 Å². The second kappa shape index (κ2) is 4.46. The van der Waals surface area contributed by atoms with Crippen molar-refractivity contribution in [2.45, 2.75) is 0 Å². The van der Waals surface area contributed by atoms with Gasteiger partial charge in [0.05, 0.1) is 0 Å². The molecule has 0 unspecified atom stereocenters. The molecule has 0 bridgehead atoms. The molecule has 0 aliphatic carbocycles. The van der Waals surface area contributed by atoms with Crippen molar-refractivity contribution in [3.05, 3.63) is 65.1 Å². The number of nitrogens with two attached hydrogens (primary N) is 1. The first-order valence-electron chi connectivity index (χ1n) is 5.79. The van der Waals surface area contributed by atoms with Gasteiger partial charge in [-0.2, -0.15) is 0 Å². The van der Waals surface area contributed by atoms with Crippen molar-refractivity contribution in [2.24, 2.45) is 0 Å². The van der Waals surface area contributed by atoms with E-state index in [1.165, 1.54) is 10.8 Å². The largest absolute Gasteiger partial charge is 0.398 e. The Morgan fingerprint density at radius 1 is 0.722 bits per heavy atom. The molecule has 0 saturated heterocycles. The summed E-state index contributed by atoms with van der Waals surface area (Å²) in [6.45, 7) is 0. The minimum Gasteiger partial charge on any atom is -0.398 e. The van der Waals surface area contributed by atoms with Crippen molar-refractivity contribution in [1.82, 2.24) is 0 Å². The third-order valence-corrected chi connectivity index (χ3v) is 3.79. The van der Waals surface area contributed by atoms with Crippen LogP contribution in [0.3, 0.4) is 0 Å². The number of anilines is 1. The fraction of sp³-hybridized carbons (Fsp3) is 0. The van der Waals surface area contributed by atoms with Crippen molar-refractivity contribution >= 4 is 32.4 Å². The molecule has 0 spiro atoms. The predicted octanol–water partition coefficient (Wildman–Crippen LogP) is 4.85. The second-order valence-corrected chi connectivity index (χ2v) is 5.09. The lowest BCUT2D eigenvalue weighted by molar-refractivity contribution is 1.63. The highest BCUT2D eigenvalue weighted by Crippen LogP contribution is 2.36. The summed E-state index contributed by atoms with van der Waals surface area (Å²) in [5, 5.41) is 2.36. The molecule has 2 N–H and O–H groups in total. The van der Waals surface area contributed by atoms with Gasteiger partial charge in [0.25, 0.3) is 0 Å². The molecule has 0 aromatic heterocycles. The molecule has 0 fully saturated rings. The van der Waals surface area contributed by atoms with E-state index in [4.69, 9.17) is 5.73 Å². The summed E-state index contributed by atoms with van der Waals surface area (Å²) in [5.41, 5.74) is 9.22. The fourth-order valence-corrected chi connectivity index (χ4v) is 2.76. The van der Waals surface area contributed by atoms with Gasteiger partial charge in [-0.05, 0) is 28.5 Å². The smallest absolute Gasteiger partial charge is 0.0400 e. The van der Waals surface area contributed by atoms with Crippen LogP contribution in [0.25, 0.3) is 21.9 Å². The van der Waals surface area contributed by atoms with E-state index in [1.54, 1.807) is 0 Å². The van der Waals surface area contributed by atoms with Crippen LogP contribution in [-0.4, -0.2) is 0 Å². The topological polar surface area (TPSA) is 26.0 Å². The summed E-state index contributed by atoms with van der Waals surface area (Å²) in [6, 6.07) is 20.5. The molecular formula is C16H12BrN. The molecule has 0 saturated carbocycles. The van der Waals surface area contributed by atoms with Gasteiger partial charge in [0.15, 0.2) is 0 Å². The summed E-state index contributed by atoms with van der Waals surface area (Å²) in [4.78, 5) is 0. The van der Waals surface area contributed by atoms with Crippen LogP contribution in [-0.2, 0) is 0 Å². The molecular weight excluding hydrogens is 286 g/mol. The molecule has 0 heterocycles. The third kappa shape index (κ3) is 1.79. The second-order valence-electron chi connectivity index (χ2n) is 4.23. The monoisotopic (exact) mass is 297 g/mol. The third-order valence-electron chi connectivity index (χ3n) is 3.10. The van der Waals surface area contributed by atoms with Gasteiger partial charge in [-0.15, -0.1) is 0 Å². The van der Waals surface area contributed by atoms with Crippen LogP contribution in [0, 0.1) is 0 Å². The molecule has 3 aromatic rings. The van der Waals surface area contributed by atoms with Crippen LogP contribution in [0.2, 0.25) is 0 Å². The highest BCUT2D eigenvalue weighted by molar-refractivity contribution is 9.10. The zero-order valence-corrected chi connectivity index (χ0v) is 11.3. The van der Waals surface area contributed by atoms with Gasteiger partial charge in [-0.3, -0.25) is 0 Å². The van der Waals surface area contributed by atoms with E-state index in [1.807, 2.05) is 36.4 Å². The normalized spacial score (nSPS) is 10.7. The summed E-state index contributed by atoms with van der Waals surface area (Å²) < 4.78 is 1.09. The van der Waals surface area contributed by atoms with Crippen molar-refractivity contribution in [3.8, 4) is 11.1 Å². The molecule has 3 rings (SSSR count). The number of halogens is 1. The number of benzene rings is 3. The average Bonchev–Trinajstić information content (AvgIpc) is 2.40. The molecule has 2 heteroatoms. The Morgan fingerprint density at radius 2 is 1.50 bits per heavy atom. The Balaban J connectivity index is 2.41. The lowest BCUT2D eigenvalue weighted by Gasteiger charge is -2.11. The van der Waals surface area contributed by atoms with Crippen LogP contribution >= 0.6 is 15.9 Å². The molecule has 0 aliphatic rings. The Labute approximate surface area is 114 Å². The highest BCUT2D eigenvalue weighted by Gasteiger charge is 2.08. The Bertz CT molecular complexity index is 705. The van der Waals surface area contributed by atoms with Crippen molar-refractivity contribution in [2.75, 3.05) is 5.73 Å². The standard InChI is InChI=1S/C16H12BrN/c17-14-8-4-7-13-12(14)9-10-15(18)16(13)11-5-2-1-3-6-11/h1-10H,18H2. The molecule has 0 aliphatic heterocycles. The summed E-state index contributed by atoms with van der Waals surface area (Å²) in [7, 11) is 0. The number of rotatable bonds is 1. The number of fused-ring (bicyclic) bond motifs is 1. The minimum atomic E-state index is 0.812. The lowest BCUT2D eigenvalue weighted by Crippen LogP contribution is -1.91. The Morgan fingerprint density at radius 3 is 2.28 bits per heavy atom. The quantitative estimate of drug-likeness (QED) is 0.638. The van der Waals surface area contributed by atoms with E-state index in [9.17, 15) is 0 Å². The van der Waals surface area contributed by atoms with E-state index in [0.717, 1.165) is 21.3 Å². The number of nitrogen functional groups attached to an aromatic ring is 1. The number of hydrogen-bond acceptors (Lipinski definition) is 1. The maximum Gasteiger partial charge on any atom is 0.0400 e. The SMILES string of the molecule is Nc1ccc2c(Br)cccc2c1-c1ccccc1. The van der Waals surface area contributed by atoms with Gasteiger partial charge in [-0.25, -0.2) is 0 Å². The summed E-state index contributed by atoms with van der Waals surface area (Å²) in [5.74, 6) is 0. The molecule has 3 aromatic carbocycles. The lowest BCUT2D eigenvalue weighted by atomic mass is 9.97. The molecule has 0 radical (unpaired) electrons. The van der Waals surface area contributed by atoms with E-state index in [-0.39, 0.29) is 0 Å². The van der Waals surface area contributed by atoms with Gasteiger partial charge >= 0.3 is 0 Å². The first-order valence-corrected chi connectivity index (χ1v) is 6.59. The van der Waals surface area contributed by atoms with Crippen LogP contribution in [0.1, 0.15) is 0 Å². The maximum absolute atomic E-state index is 6.15. The zero-order chi connectivity index (χ0) is 12.5. The van der Waals surface area contributed by atoms with Crippen LogP contribution in [0.5, 0.6) is 0 Å². The van der Waals surface area contributed by atoms with Crippen LogP contribution in [0.4, 0.5) is 5.69 Å². The Hall–Kier alpha value is -1.80. The zero-order valence-electron chi connectivity index (χ0n) is 9.73. The van der Waals surface area contributed by atoms with Crippen molar-refractivity contribution in [1.29, 1.82) is 0 Å². The molecule has 1 nitrogen and oxygen atoms in total. The highest BCUT2D eigenvalue weighted by atomic mass is 79.9. The van der Waals surface area contributed by atoms with E-state index in [0.29, 0.717) is 0 Å². The van der Waals surface area contributed by atoms with Crippen LogP contribution in [0.15, 0.2) is 65.1 Å². The summed E-state index contributed by atoms with van der Waals surface area (Å²) >= 11 is 3.59. The fourth-order valence-electron chi connectivity index (χ4n) is 2.26. The minimum absolute atomic E-state index is 0.812. The van der Waals surface area contributed by atoms with Crippen LogP contribution < -0.4 is 5.73 Å². The molecule has 0 amide bonds. The number of hydrogen-bond donors (Lipinski definition) is 1. The van der Waals surface area contributed by atoms with E-state index >= 15 is 0 Å². The van der Waals surface area contributed by atoms with E-state index < -0.39 is 0 Å². The molecule has 0 atom stereocenters. The first-order chi connectivity index (χ1) is 8.77. The Kier molecular flexibility index (Phi) is 2.80. The maximum atomic E-state index is 6.15. The van der Waals surface area contributed by atoms with Crippen molar-refractivity contribution in [3.63, 3.8) is 0 Å². The predicted molar refractivity (Wildman–Crippen MR) is 81.5 cm³/mol. The van der Waals surface area contributed by atoms with Gasteiger partial charge in [0.1, 0.15) is 0 Å². The molecule has 88 valence electrons. The van der Waals surface area contributed by atoms with Crippen molar-refractivity contribution < 1.29 is 0 Å². The molecule has 18 heavy (non-hydrogen) atoms. The average molecular weight is 298 g/mol. The van der Waals surface area contributed by atoms with Gasteiger partial charge in [-0.1, -0.05) is 64.5 Å². The van der Waals surface area contributed by atoms with Gasteiger partial charge in [0.2, 0.25) is 0 Å².